The lowest BCUT2D eigenvalue weighted by Crippen LogP contribution is -2.20. The fraction of sp³-hybridized carbons (Fsp3) is 0.300. The van der Waals surface area contributed by atoms with Gasteiger partial charge in [-0.3, -0.25) is 0 Å². The molecule has 1 atom stereocenters. The van der Waals surface area contributed by atoms with Crippen LogP contribution in [0.1, 0.15) is 22.8 Å². The van der Waals surface area contributed by atoms with Gasteiger partial charge in [0.25, 0.3) is 0 Å². The van der Waals surface area contributed by atoms with Crippen LogP contribution in [0.25, 0.3) is 0 Å². The second-order valence-electron chi connectivity index (χ2n) is 3.66. The topological polar surface area (TPSA) is 57.5 Å². The van der Waals surface area contributed by atoms with E-state index >= 15 is 0 Å². The van der Waals surface area contributed by atoms with Crippen molar-refractivity contribution in [2.75, 3.05) is 0 Å². The van der Waals surface area contributed by atoms with Gasteiger partial charge in [-0.25, -0.2) is 4.79 Å². The van der Waals surface area contributed by atoms with Gasteiger partial charge in [0.05, 0.1) is 16.1 Å². The van der Waals surface area contributed by atoms with Crippen LogP contribution in [-0.2, 0) is 17.1 Å². The first-order valence-corrected chi connectivity index (χ1v) is 5.12. The van der Waals surface area contributed by atoms with Gasteiger partial charge in [-0.15, -0.1) is 0 Å². The Morgan fingerprint density at radius 1 is 1.10 bits per heavy atom. The molecule has 0 aliphatic rings. The third-order valence-electron chi connectivity index (χ3n) is 2.26. The molecule has 0 amide bonds. The predicted molar refractivity (Wildman–Crippen MR) is 54.1 cm³/mol. The second kappa shape index (κ2) is 5.13. The maximum atomic E-state index is 12.7. The molecule has 3 nitrogen and oxygen atoms in total. The lowest BCUT2D eigenvalue weighted by Gasteiger charge is -2.19. The van der Waals surface area contributed by atoms with Gasteiger partial charge in [0, 0.05) is 5.56 Å². The van der Waals surface area contributed by atoms with E-state index in [1.807, 2.05) is 0 Å². The van der Waals surface area contributed by atoms with Crippen LogP contribution in [0, 0.1) is 0 Å². The number of rotatable bonds is 2. The van der Waals surface area contributed by atoms with Crippen LogP contribution < -0.4 is 0 Å². The van der Waals surface area contributed by atoms with Crippen LogP contribution in [0.3, 0.4) is 0 Å². The van der Waals surface area contributed by atoms with E-state index in [9.17, 15) is 31.1 Å². The van der Waals surface area contributed by atoms with Crippen LogP contribution in [0.4, 0.5) is 26.3 Å². The smallest absolute Gasteiger partial charge is 0.418 e. The summed E-state index contributed by atoms with van der Waals surface area (Å²) in [7, 11) is 0. The molecule has 0 saturated heterocycles. The zero-order valence-corrected chi connectivity index (χ0v) is 9.94. The van der Waals surface area contributed by atoms with E-state index in [0.717, 1.165) is 0 Å². The predicted octanol–water partition coefficient (Wildman–Crippen LogP) is 3.50. The number of aliphatic hydroxyl groups is 1. The van der Waals surface area contributed by atoms with Crippen molar-refractivity contribution in [3.8, 4) is 0 Å². The Morgan fingerprint density at radius 2 is 1.60 bits per heavy atom. The number of carboxylic acids is 1. The highest BCUT2D eigenvalue weighted by molar-refractivity contribution is 6.31. The number of carboxylic acid groups (broad SMARTS) is 1. The minimum Gasteiger partial charge on any atom is -0.479 e. The summed E-state index contributed by atoms with van der Waals surface area (Å²) < 4.78 is 75.5. The van der Waals surface area contributed by atoms with Gasteiger partial charge >= 0.3 is 18.3 Å². The molecule has 1 aromatic rings. The van der Waals surface area contributed by atoms with Gasteiger partial charge in [-0.05, 0) is 12.1 Å². The minimum atomic E-state index is -5.22. The molecule has 0 radical (unpaired) electrons. The molecule has 0 spiro atoms. The van der Waals surface area contributed by atoms with Crippen LogP contribution >= 0.6 is 11.6 Å². The molecular weight excluding hydrogens is 318 g/mol. The molecule has 0 aliphatic heterocycles. The standard InChI is InChI=1S/C10H5ClF6O3/c11-5-2-3(9(12,13)14)1-4(7(18)8(19)20)6(5)10(15,16)17/h1-2,7,18H,(H,19,20). The molecule has 0 bridgehead atoms. The number of benzene rings is 1. The Morgan fingerprint density at radius 3 is 1.95 bits per heavy atom. The van der Waals surface area contributed by atoms with Gasteiger partial charge in [-0.1, -0.05) is 11.6 Å². The van der Waals surface area contributed by atoms with Gasteiger partial charge in [0.2, 0.25) is 0 Å². The molecule has 0 saturated carbocycles. The van der Waals surface area contributed by atoms with E-state index in [1.165, 1.54) is 0 Å². The average Bonchev–Trinajstić information content (AvgIpc) is 2.23. The Kier molecular flexibility index (Phi) is 4.25. The summed E-state index contributed by atoms with van der Waals surface area (Å²) in [6.07, 6.45) is -13.0. The maximum absolute atomic E-state index is 12.7. The maximum Gasteiger partial charge on any atom is 0.418 e. The summed E-state index contributed by atoms with van der Waals surface area (Å²) in [5.41, 5.74) is -4.88. The van der Waals surface area contributed by atoms with Gasteiger partial charge in [-0.2, -0.15) is 26.3 Å². The van der Waals surface area contributed by atoms with Gasteiger partial charge < -0.3 is 10.2 Å². The molecule has 0 heterocycles. The molecule has 0 aliphatic carbocycles. The monoisotopic (exact) mass is 322 g/mol. The Hall–Kier alpha value is -1.48. The third kappa shape index (κ3) is 3.34. The molecule has 2 N–H and O–H groups in total. The zero-order chi connectivity index (χ0) is 15.9. The summed E-state index contributed by atoms with van der Waals surface area (Å²) in [6, 6.07) is -0.0735. The number of carbonyl (C=O) groups is 1. The van der Waals surface area contributed by atoms with Crippen LogP contribution in [0.15, 0.2) is 12.1 Å². The normalized spacial score (nSPS) is 14.2. The van der Waals surface area contributed by atoms with Crippen molar-refractivity contribution in [3.05, 3.63) is 33.8 Å². The third-order valence-corrected chi connectivity index (χ3v) is 2.56. The van der Waals surface area contributed by atoms with Crippen molar-refractivity contribution in [2.24, 2.45) is 0 Å². The molecule has 20 heavy (non-hydrogen) atoms. The van der Waals surface area contributed by atoms with Crippen LogP contribution in [-0.4, -0.2) is 16.2 Å². The number of aliphatic hydroxyl groups excluding tert-OH is 1. The van der Waals surface area contributed by atoms with E-state index < -0.39 is 46.1 Å². The lowest BCUT2D eigenvalue weighted by atomic mass is 9.98. The Balaban J connectivity index is 3.65. The summed E-state index contributed by atoms with van der Waals surface area (Å²) >= 11 is 5.15. The summed E-state index contributed by atoms with van der Waals surface area (Å²) in [6.45, 7) is 0. The van der Waals surface area contributed by atoms with E-state index in [0.29, 0.717) is 0 Å². The van der Waals surface area contributed by atoms with Crippen LogP contribution in [0.5, 0.6) is 0 Å². The van der Waals surface area contributed by atoms with Crippen molar-refractivity contribution in [2.45, 2.75) is 18.5 Å². The number of alkyl halides is 6. The first-order chi connectivity index (χ1) is 8.85. The minimum absolute atomic E-state index is 0.0163. The fourth-order valence-corrected chi connectivity index (χ4v) is 1.77. The summed E-state index contributed by atoms with van der Waals surface area (Å²) in [5.74, 6) is -2.13. The first-order valence-electron chi connectivity index (χ1n) is 4.74. The van der Waals surface area contributed by atoms with E-state index in [2.05, 4.69) is 0 Å². The number of hydrogen-bond acceptors (Lipinski definition) is 2. The molecule has 0 aromatic heterocycles. The van der Waals surface area contributed by atoms with Crippen molar-refractivity contribution in [1.82, 2.24) is 0 Å². The van der Waals surface area contributed by atoms with Crippen LogP contribution in [0.2, 0.25) is 5.02 Å². The number of halogens is 7. The first kappa shape index (κ1) is 16.6. The summed E-state index contributed by atoms with van der Waals surface area (Å²) in [4.78, 5) is 10.5. The van der Waals surface area contributed by atoms with E-state index in [4.69, 9.17) is 21.8 Å². The van der Waals surface area contributed by atoms with Gasteiger partial charge in [0.15, 0.2) is 6.10 Å². The van der Waals surface area contributed by atoms with E-state index in [-0.39, 0.29) is 12.1 Å². The highest BCUT2D eigenvalue weighted by Crippen LogP contribution is 2.43. The van der Waals surface area contributed by atoms with Crippen molar-refractivity contribution < 1.29 is 41.4 Å². The largest absolute Gasteiger partial charge is 0.479 e. The molecule has 112 valence electrons. The molecular formula is C10H5ClF6O3. The van der Waals surface area contributed by atoms with Gasteiger partial charge in [0.1, 0.15) is 0 Å². The summed E-state index contributed by atoms with van der Waals surface area (Å²) in [5, 5.41) is 16.3. The zero-order valence-electron chi connectivity index (χ0n) is 9.18. The number of hydrogen-bond donors (Lipinski definition) is 2. The Labute approximate surface area is 112 Å². The SMILES string of the molecule is O=C(O)C(O)c1cc(C(F)(F)F)cc(Cl)c1C(F)(F)F. The molecule has 1 unspecified atom stereocenters. The Bertz CT molecular complexity index is 537. The van der Waals surface area contributed by atoms with E-state index in [1.54, 1.807) is 0 Å². The average molecular weight is 323 g/mol. The van der Waals surface area contributed by atoms with Crippen molar-refractivity contribution in [1.29, 1.82) is 0 Å². The molecule has 10 heteroatoms. The highest BCUT2D eigenvalue weighted by atomic mass is 35.5. The highest BCUT2D eigenvalue weighted by Gasteiger charge is 2.42. The molecule has 0 fully saturated rings. The fourth-order valence-electron chi connectivity index (χ4n) is 1.44. The quantitative estimate of drug-likeness (QED) is 0.819. The second-order valence-corrected chi connectivity index (χ2v) is 4.07. The molecule has 1 rings (SSSR count). The van der Waals surface area contributed by atoms with Crippen molar-refractivity contribution >= 4 is 17.6 Å². The number of aliphatic carboxylic acids is 1. The molecule has 1 aromatic carbocycles. The van der Waals surface area contributed by atoms with Crippen molar-refractivity contribution in [3.63, 3.8) is 0 Å². The lowest BCUT2D eigenvalue weighted by molar-refractivity contribution is -0.150.